The minimum atomic E-state index is -0.594. The number of esters is 1. The molecule has 1 unspecified atom stereocenters. The largest absolute Gasteiger partial charge is 0.486 e. The van der Waals surface area contributed by atoms with Crippen molar-refractivity contribution in [2.45, 2.75) is 45.6 Å². The Morgan fingerprint density at radius 2 is 2.03 bits per heavy atom. The zero-order valence-electron chi connectivity index (χ0n) is 17.7. The second kappa shape index (κ2) is 8.63. The molecule has 1 aromatic carbocycles. The van der Waals surface area contributed by atoms with E-state index in [1.54, 1.807) is 24.3 Å². The zero-order valence-corrected chi connectivity index (χ0v) is 18.5. The molecule has 1 atom stereocenters. The fourth-order valence-electron chi connectivity index (χ4n) is 4.14. The van der Waals surface area contributed by atoms with Gasteiger partial charge in [0.2, 0.25) is 0 Å². The molecular weight excluding hydrogens is 418 g/mol. The number of Topliss-reactive ketones (excluding diaryl/α,β-unsaturated/α-hetero) is 1. The Labute approximate surface area is 185 Å². The molecule has 6 nitrogen and oxygen atoms in total. The third kappa shape index (κ3) is 4.12. The Hall–Kier alpha value is -2.99. The predicted octanol–water partition coefficient (Wildman–Crippen LogP) is 4.96. The van der Waals surface area contributed by atoms with Crippen molar-refractivity contribution < 1.29 is 23.5 Å². The summed E-state index contributed by atoms with van der Waals surface area (Å²) in [5.41, 5.74) is 3.44. The van der Waals surface area contributed by atoms with Crippen molar-refractivity contribution in [3.05, 3.63) is 75.0 Å². The lowest BCUT2D eigenvalue weighted by Gasteiger charge is -2.32. The van der Waals surface area contributed by atoms with E-state index in [0.29, 0.717) is 45.6 Å². The highest BCUT2D eigenvalue weighted by molar-refractivity contribution is 6.31. The fourth-order valence-corrected chi connectivity index (χ4v) is 4.25. The van der Waals surface area contributed by atoms with Gasteiger partial charge < -0.3 is 19.2 Å². The van der Waals surface area contributed by atoms with Crippen LogP contribution in [-0.4, -0.2) is 18.9 Å². The number of benzene rings is 1. The SMILES string of the molecule is COC(=O)C1=C(C)NC2=C(C(=O)CCC2)C1c1ccc(COc2ccc(Cl)c(C)c2)o1. The number of dihydropyridines is 1. The van der Waals surface area contributed by atoms with Crippen LogP contribution in [-0.2, 0) is 20.9 Å². The first-order valence-corrected chi connectivity index (χ1v) is 10.6. The third-order valence-corrected chi connectivity index (χ3v) is 6.08. The summed E-state index contributed by atoms with van der Waals surface area (Å²) in [4.78, 5) is 25.4. The lowest BCUT2D eigenvalue weighted by molar-refractivity contribution is -0.136. The summed E-state index contributed by atoms with van der Waals surface area (Å²) < 4.78 is 16.9. The second-order valence-electron chi connectivity index (χ2n) is 7.76. The van der Waals surface area contributed by atoms with Crippen LogP contribution < -0.4 is 10.1 Å². The number of carbonyl (C=O) groups is 2. The Morgan fingerprint density at radius 1 is 1.23 bits per heavy atom. The van der Waals surface area contributed by atoms with Gasteiger partial charge in [0.15, 0.2) is 5.78 Å². The van der Waals surface area contributed by atoms with Crippen molar-refractivity contribution in [3.8, 4) is 5.75 Å². The molecule has 2 aliphatic rings. The van der Waals surface area contributed by atoms with Crippen LogP contribution in [0, 0.1) is 6.92 Å². The van der Waals surface area contributed by atoms with E-state index < -0.39 is 11.9 Å². The molecule has 0 spiro atoms. The number of methoxy groups -OCH3 is 1. The number of halogens is 1. The molecule has 0 saturated carbocycles. The highest BCUT2D eigenvalue weighted by atomic mass is 35.5. The molecule has 0 radical (unpaired) electrons. The number of carbonyl (C=O) groups excluding carboxylic acids is 2. The maximum Gasteiger partial charge on any atom is 0.336 e. The van der Waals surface area contributed by atoms with Crippen LogP contribution in [0.15, 0.2) is 57.3 Å². The molecule has 0 fully saturated rings. The number of furan rings is 1. The number of nitrogens with one attached hydrogen (secondary N) is 1. The zero-order chi connectivity index (χ0) is 22.1. The van der Waals surface area contributed by atoms with Crippen molar-refractivity contribution in [1.82, 2.24) is 5.32 Å². The van der Waals surface area contributed by atoms with Crippen molar-refractivity contribution in [2.24, 2.45) is 0 Å². The molecule has 0 bridgehead atoms. The Morgan fingerprint density at radius 3 is 2.77 bits per heavy atom. The van der Waals surface area contributed by atoms with Gasteiger partial charge in [0.25, 0.3) is 0 Å². The predicted molar refractivity (Wildman–Crippen MR) is 116 cm³/mol. The second-order valence-corrected chi connectivity index (χ2v) is 8.17. The van der Waals surface area contributed by atoms with Gasteiger partial charge in [-0.05, 0) is 62.6 Å². The van der Waals surface area contributed by atoms with Gasteiger partial charge >= 0.3 is 5.97 Å². The van der Waals surface area contributed by atoms with Gasteiger partial charge in [-0.25, -0.2) is 4.79 Å². The molecule has 0 amide bonds. The lowest BCUT2D eigenvalue weighted by Crippen LogP contribution is -2.34. The van der Waals surface area contributed by atoms with Gasteiger partial charge in [0, 0.05) is 28.4 Å². The van der Waals surface area contributed by atoms with Crippen LogP contribution in [0.3, 0.4) is 0 Å². The summed E-state index contributed by atoms with van der Waals surface area (Å²) in [6, 6.07) is 9.04. The molecule has 1 aliphatic heterocycles. The van der Waals surface area contributed by atoms with Crippen LogP contribution in [0.1, 0.15) is 49.2 Å². The van der Waals surface area contributed by atoms with Crippen LogP contribution >= 0.6 is 11.6 Å². The molecule has 4 rings (SSSR count). The van der Waals surface area contributed by atoms with E-state index in [0.717, 1.165) is 24.1 Å². The number of hydrogen-bond donors (Lipinski definition) is 1. The van der Waals surface area contributed by atoms with E-state index >= 15 is 0 Å². The first kappa shape index (κ1) is 21.2. The van der Waals surface area contributed by atoms with E-state index in [9.17, 15) is 9.59 Å². The number of ketones is 1. The number of ether oxygens (including phenoxy) is 2. The molecule has 1 aromatic heterocycles. The summed E-state index contributed by atoms with van der Waals surface area (Å²) >= 11 is 6.06. The molecule has 0 saturated heterocycles. The molecular formula is C24H24ClNO5. The van der Waals surface area contributed by atoms with E-state index in [4.69, 9.17) is 25.5 Å². The highest BCUT2D eigenvalue weighted by Gasteiger charge is 2.40. The van der Waals surface area contributed by atoms with Crippen LogP contribution in [0.5, 0.6) is 5.75 Å². The van der Waals surface area contributed by atoms with Crippen molar-refractivity contribution >= 4 is 23.4 Å². The topological polar surface area (TPSA) is 77.8 Å². The van der Waals surface area contributed by atoms with E-state index in [2.05, 4.69) is 5.32 Å². The van der Waals surface area contributed by atoms with Gasteiger partial charge in [-0.2, -0.15) is 0 Å². The third-order valence-electron chi connectivity index (χ3n) is 5.66. The van der Waals surface area contributed by atoms with Gasteiger partial charge in [-0.15, -0.1) is 0 Å². The molecule has 2 heterocycles. The Bertz CT molecular complexity index is 1110. The van der Waals surface area contributed by atoms with Gasteiger partial charge in [-0.1, -0.05) is 11.6 Å². The standard InChI is InChI=1S/C24H24ClNO5/c1-13-11-15(7-9-17(13)25)30-12-16-8-10-20(31-16)23-21(24(28)29-3)14(2)26-18-5-4-6-19(27)22(18)23/h7-11,23,26H,4-6,12H2,1-3H3. The number of hydrogen-bond acceptors (Lipinski definition) is 6. The first-order chi connectivity index (χ1) is 14.9. The molecule has 31 heavy (non-hydrogen) atoms. The van der Waals surface area contributed by atoms with E-state index in [1.807, 2.05) is 19.9 Å². The van der Waals surface area contributed by atoms with Crippen LogP contribution in [0.2, 0.25) is 5.02 Å². The van der Waals surface area contributed by atoms with Crippen molar-refractivity contribution in [1.29, 1.82) is 0 Å². The molecule has 2 aromatic rings. The minimum Gasteiger partial charge on any atom is -0.486 e. The number of rotatable bonds is 5. The fraction of sp³-hybridized carbons (Fsp3) is 0.333. The summed E-state index contributed by atoms with van der Waals surface area (Å²) in [5.74, 6) is 0.746. The van der Waals surface area contributed by atoms with Gasteiger partial charge in [-0.3, -0.25) is 4.79 Å². The smallest absolute Gasteiger partial charge is 0.336 e. The maximum absolute atomic E-state index is 12.8. The number of aryl methyl sites for hydroxylation is 1. The molecule has 162 valence electrons. The summed E-state index contributed by atoms with van der Waals surface area (Å²) in [7, 11) is 1.34. The van der Waals surface area contributed by atoms with E-state index in [-0.39, 0.29) is 12.4 Å². The highest BCUT2D eigenvalue weighted by Crippen LogP contribution is 2.43. The lowest BCUT2D eigenvalue weighted by atomic mass is 9.77. The normalized spacial score (nSPS) is 18.6. The van der Waals surface area contributed by atoms with Crippen molar-refractivity contribution in [3.63, 3.8) is 0 Å². The monoisotopic (exact) mass is 441 g/mol. The number of allylic oxidation sites excluding steroid dienone is 3. The Kier molecular flexibility index (Phi) is 5.92. The molecule has 7 heteroatoms. The Balaban J connectivity index is 1.64. The maximum atomic E-state index is 12.8. The van der Waals surface area contributed by atoms with Gasteiger partial charge in [0.05, 0.1) is 18.6 Å². The molecule has 1 aliphatic carbocycles. The minimum absolute atomic E-state index is 0.0264. The quantitative estimate of drug-likeness (QED) is 0.660. The molecule has 1 N–H and O–H groups in total. The first-order valence-electron chi connectivity index (χ1n) is 10.2. The summed E-state index contributed by atoms with van der Waals surface area (Å²) in [5, 5.41) is 3.92. The van der Waals surface area contributed by atoms with E-state index in [1.165, 1.54) is 7.11 Å². The average molecular weight is 442 g/mol. The van der Waals surface area contributed by atoms with Gasteiger partial charge in [0.1, 0.15) is 23.9 Å². The average Bonchev–Trinajstić information content (AvgIpc) is 3.22. The van der Waals surface area contributed by atoms with Crippen molar-refractivity contribution in [2.75, 3.05) is 7.11 Å². The summed E-state index contributed by atoms with van der Waals surface area (Å²) in [6.45, 7) is 3.94. The van der Waals surface area contributed by atoms with Crippen LogP contribution in [0.4, 0.5) is 0 Å². The van der Waals surface area contributed by atoms with Crippen LogP contribution in [0.25, 0.3) is 0 Å². The summed E-state index contributed by atoms with van der Waals surface area (Å²) in [6.07, 6.45) is 2.00.